The van der Waals surface area contributed by atoms with Gasteiger partial charge in [-0.25, -0.2) is 0 Å². The van der Waals surface area contributed by atoms with E-state index in [1.807, 2.05) is 28.1 Å². The molecule has 240 valence electrons. The molecular formula is C33H69NO5P+. The van der Waals surface area contributed by atoms with Crippen LogP contribution < -0.4 is 0 Å². The van der Waals surface area contributed by atoms with E-state index in [0.717, 1.165) is 6.42 Å². The quantitative estimate of drug-likeness (QED) is 0.0390. The fourth-order valence-electron chi connectivity index (χ4n) is 5.23. The normalized spacial score (nSPS) is 15.5. The summed E-state index contributed by atoms with van der Waals surface area (Å²) in [6, 6.07) is 0. The van der Waals surface area contributed by atoms with Gasteiger partial charge in [0.1, 0.15) is 6.10 Å². The molecule has 0 aromatic rings. The van der Waals surface area contributed by atoms with Crippen LogP contribution in [0.4, 0.5) is 0 Å². The lowest BCUT2D eigenvalue weighted by Crippen LogP contribution is -2.45. The lowest BCUT2D eigenvalue weighted by molar-refractivity contribution is -0.883. The molecule has 0 saturated carbocycles. The van der Waals surface area contributed by atoms with Crippen molar-refractivity contribution in [3.8, 4) is 0 Å². The molecule has 0 heterocycles. The Morgan fingerprint density at radius 3 is 1.57 bits per heavy atom. The van der Waals surface area contributed by atoms with Crippen LogP contribution in [-0.4, -0.2) is 69.3 Å². The summed E-state index contributed by atoms with van der Waals surface area (Å²) in [7, 11) is 3.59. The zero-order valence-electron chi connectivity index (χ0n) is 27.5. The smallest absolute Gasteiger partial charge is 0.379 e. The lowest BCUT2D eigenvalue weighted by atomic mass is 10.1. The Morgan fingerprint density at radius 1 is 0.700 bits per heavy atom. The molecule has 0 aliphatic heterocycles. The first kappa shape index (κ1) is 39.8. The summed E-state index contributed by atoms with van der Waals surface area (Å²) >= 11 is 0. The second-order valence-electron chi connectivity index (χ2n) is 12.5. The molecule has 40 heavy (non-hydrogen) atoms. The Morgan fingerprint density at radius 2 is 1.15 bits per heavy atom. The van der Waals surface area contributed by atoms with Crippen LogP contribution in [0.1, 0.15) is 142 Å². The van der Waals surface area contributed by atoms with Crippen molar-refractivity contribution in [1.29, 1.82) is 0 Å². The summed E-state index contributed by atoms with van der Waals surface area (Å²) in [6.45, 7) is 5.34. The van der Waals surface area contributed by atoms with Crippen LogP contribution >= 0.6 is 7.60 Å². The van der Waals surface area contributed by atoms with Gasteiger partial charge in [0.05, 0.1) is 34.4 Å². The van der Waals surface area contributed by atoms with Crippen molar-refractivity contribution in [3.63, 3.8) is 0 Å². The Balaban J connectivity index is 3.55. The molecule has 0 aromatic carbocycles. The first-order chi connectivity index (χ1) is 19.2. The van der Waals surface area contributed by atoms with Gasteiger partial charge in [0.15, 0.2) is 5.78 Å². The van der Waals surface area contributed by atoms with Crippen LogP contribution in [-0.2, 0) is 18.6 Å². The molecule has 1 N–H and O–H groups in total. The van der Waals surface area contributed by atoms with Crippen molar-refractivity contribution in [3.05, 3.63) is 12.2 Å². The van der Waals surface area contributed by atoms with Crippen LogP contribution in [0.3, 0.4) is 0 Å². The number of quaternary nitrogens is 1. The van der Waals surface area contributed by atoms with Crippen molar-refractivity contribution >= 4 is 7.60 Å². The van der Waals surface area contributed by atoms with Crippen molar-refractivity contribution in [1.82, 2.24) is 0 Å². The van der Waals surface area contributed by atoms with Crippen LogP contribution in [0.2, 0.25) is 0 Å². The minimum Gasteiger partial charge on any atom is -0.379 e. The van der Waals surface area contributed by atoms with Gasteiger partial charge in [0.25, 0.3) is 0 Å². The van der Waals surface area contributed by atoms with Gasteiger partial charge >= 0.3 is 7.60 Å². The van der Waals surface area contributed by atoms with E-state index in [4.69, 9.17) is 14.0 Å². The number of allylic oxidation sites excluding steroid dienone is 2. The Kier molecular flexibility index (Phi) is 26.2. The number of rotatable bonds is 30. The molecule has 0 rings (SSSR count). The maximum atomic E-state index is 12.7. The SMILES string of the molecule is CCCCCCCCCC/C=C\CCCCCCCCCCCOC[C@H](COP(=O)(O)C(CC)[N+](C)(C)C)OC. The van der Waals surface area contributed by atoms with Gasteiger partial charge in [-0.05, 0) is 32.1 Å². The molecule has 0 aromatic heterocycles. The first-order valence-electron chi connectivity index (χ1n) is 16.7. The molecule has 2 unspecified atom stereocenters. The minimum atomic E-state index is -3.74. The van der Waals surface area contributed by atoms with Gasteiger partial charge in [-0.1, -0.05) is 116 Å². The molecule has 0 spiro atoms. The minimum absolute atomic E-state index is 0.0658. The van der Waals surface area contributed by atoms with E-state index in [-0.39, 0.29) is 12.7 Å². The fourth-order valence-corrected chi connectivity index (χ4v) is 7.12. The fraction of sp³-hybridized carbons (Fsp3) is 0.939. The molecule has 3 atom stereocenters. The van der Waals surface area contributed by atoms with Gasteiger partial charge in [-0.2, -0.15) is 0 Å². The topological polar surface area (TPSA) is 65.0 Å². The Hall–Kier alpha value is -0.230. The summed E-state index contributed by atoms with van der Waals surface area (Å²) in [5, 5.41) is 0. The van der Waals surface area contributed by atoms with Crippen LogP contribution in [0, 0.1) is 0 Å². The zero-order chi connectivity index (χ0) is 30.0. The summed E-state index contributed by atoms with van der Waals surface area (Å²) < 4.78 is 29.7. The molecule has 0 radical (unpaired) electrons. The van der Waals surface area contributed by atoms with E-state index in [2.05, 4.69) is 19.1 Å². The molecule has 0 saturated heterocycles. The molecule has 7 heteroatoms. The monoisotopic (exact) mass is 590 g/mol. The average Bonchev–Trinajstić information content (AvgIpc) is 2.90. The van der Waals surface area contributed by atoms with Gasteiger partial charge in [-0.3, -0.25) is 4.57 Å². The van der Waals surface area contributed by atoms with Crippen LogP contribution in [0.5, 0.6) is 0 Å². The molecule has 6 nitrogen and oxygen atoms in total. The molecule has 0 aliphatic carbocycles. The van der Waals surface area contributed by atoms with Crippen LogP contribution in [0.15, 0.2) is 12.2 Å². The maximum absolute atomic E-state index is 12.7. The van der Waals surface area contributed by atoms with Crippen molar-refractivity contribution in [2.45, 2.75) is 154 Å². The highest BCUT2D eigenvalue weighted by Gasteiger charge is 2.41. The standard InChI is InChI=1S/C33H68NO5P/c1-7-9-10-11-12-13-14-15-16-17-18-19-20-21-22-23-24-25-26-27-28-29-38-30-32(37-6)31-39-40(35,36)33(8-2)34(3,4)5/h17-18,32-33H,7-16,19-31H2,1-6H3/p+1/b18-17-/t32-,33?/m1/s1. The third-order valence-corrected chi connectivity index (χ3v) is 10.1. The average molecular weight is 591 g/mol. The van der Waals surface area contributed by atoms with E-state index >= 15 is 0 Å². The van der Waals surface area contributed by atoms with E-state index in [1.54, 1.807) is 7.11 Å². The summed E-state index contributed by atoms with van der Waals surface area (Å²) in [6.07, 6.45) is 30.4. The predicted octanol–water partition coefficient (Wildman–Crippen LogP) is 9.65. The number of unbranched alkanes of at least 4 members (excludes halogenated alkanes) is 17. The van der Waals surface area contributed by atoms with Crippen LogP contribution in [0.25, 0.3) is 0 Å². The highest BCUT2D eigenvalue weighted by Crippen LogP contribution is 2.51. The summed E-state index contributed by atoms with van der Waals surface area (Å²) in [4.78, 5) is 10.4. The molecule has 0 fully saturated rings. The Labute approximate surface area is 249 Å². The van der Waals surface area contributed by atoms with Crippen molar-refractivity contribution < 1.29 is 27.9 Å². The largest absolute Gasteiger partial charge is 0.385 e. The second kappa shape index (κ2) is 26.4. The third kappa shape index (κ3) is 23.3. The van der Waals surface area contributed by atoms with Gasteiger partial charge in [0, 0.05) is 20.1 Å². The van der Waals surface area contributed by atoms with Crippen molar-refractivity contribution in [2.24, 2.45) is 0 Å². The van der Waals surface area contributed by atoms with E-state index in [0.29, 0.717) is 24.1 Å². The number of ether oxygens (including phenoxy) is 2. The predicted molar refractivity (Wildman–Crippen MR) is 172 cm³/mol. The zero-order valence-corrected chi connectivity index (χ0v) is 28.4. The molecule has 0 amide bonds. The number of hydrogen-bond acceptors (Lipinski definition) is 4. The summed E-state index contributed by atoms with van der Waals surface area (Å²) in [5.41, 5.74) is 0. The van der Waals surface area contributed by atoms with E-state index in [9.17, 15) is 9.46 Å². The summed E-state index contributed by atoms with van der Waals surface area (Å²) in [5.74, 6) is -0.456. The second-order valence-corrected chi connectivity index (χ2v) is 14.5. The maximum Gasteiger partial charge on any atom is 0.385 e. The van der Waals surface area contributed by atoms with Gasteiger partial charge in [0.2, 0.25) is 0 Å². The number of methoxy groups -OCH3 is 1. The highest BCUT2D eigenvalue weighted by molar-refractivity contribution is 7.53. The molecular weight excluding hydrogens is 521 g/mol. The van der Waals surface area contributed by atoms with E-state index in [1.165, 1.54) is 116 Å². The number of hydrogen-bond donors (Lipinski definition) is 1. The van der Waals surface area contributed by atoms with Gasteiger partial charge < -0.3 is 23.4 Å². The first-order valence-corrected chi connectivity index (χ1v) is 18.4. The number of nitrogens with zero attached hydrogens (tertiary/aromatic N) is 1. The third-order valence-electron chi connectivity index (χ3n) is 7.77. The van der Waals surface area contributed by atoms with Gasteiger partial charge in [-0.15, -0.1) is 0 Å². The lowest BCUT2D eigenvalue weighted by Gasteiger charge is -2.35. The highest BCUT2D eigenvalue weighted by atomic mass is 31.2. The molecule has 0 bridgehead atoms. The molecule has 0 aliphatic rings. The van der Waals surface area contributed by atoms with Crippen molar-refractivity contribution in [2.75, 3.05) is 48.1 Å². The van der Waals surface area contributed by atoms with E-state index < -0.39 is 13.4 Å². The Bertz CT molecular complexity index is 622.